The number of carbonyl (C=O) groups excluding carboxylic acids is 3. The lowest BCUT2D eigenvalue weighted by atomic mass is 10.0. The molecule has 12 nitrogen and oxygen atoms in total. The van der Waals surface area contributed by atoms with Gasteiger partial charge in [-0.3, -0.25) is 48.6 Å². The second-order valence-corrected chi connectivity index (χ2v) is 36.0. The quantitative estimate of drug-likeness (QED) is 0.109. The number of nitrogens with zero attached hydrogens (tertiary/aromatic N) is 9. The van der Waals surface area contributed by atoms with Gasteiger partial charge in [0.1, 0.15) is 0 Å². The van der Waals surface area contributed by atoms with Gasteiger partial charge in [-0.1, -0.05) is 112 Å². The molecular formula is C63H63N9O3SSi2. The number of hydrogen-bond acceptors (Lipinski definition) is 9. The molecule has 6 aromatic heterocycles. The molecule has 0 unspecified atom stereocenters. The lowest BCUT2D eigenvalue weighted by molar-refractivity contribution is 0.100. The molecule has 6 heterocycles. The highest BCUT2D eigenvalue weighted by molar-refractivity contribution is 8.33. The van der Waals surface area contributed by atoms with Gasteiger partial charge < -0.3 is 9.13 Å². The van der Waals surface area contributed by atoms with Crippen molar-refractivity contribution in [3.63, 3.8) is 0 Å². The number of carbonyl (C=O) groups is 3. The number of rotatable bonds is 12. The monoisotopic (exact) mass is 1080 g/mol. The molecule has 0 aliphatic carbocycles. The van der Waals surface area contributed by atoms with E-state index in [1.54, 1.807) is 41.1 Å². The van der Waals surface area contributed by atoms with Crippen LogP contribution in [0.4, 0.5) is 17.1 Å². The van der Waals surface area contributed by atoms with Crippen LogP contribution in [0.15, 0.2) is 164 Å². The molecule has 0 N–H and O–H groups in total. The van der Waals surface area contributed by atoms with E-state index in [-0.39, 0.29) is 34.4 Å². The van der Waals surface area contributed by atoms with Gasteiger partial charge in [0.2, 0.25) is 11.8 Å². The van der Waals surface area contributed by atoms with Crippen molar-refractivity contribution in [2.24, 2.45) is 0 Å². The molecule has 78 heavy (non-hydrogen) atoms. The van der Waals surface area contributed by atoms with Gasteiger partial charge in [0.25, 0.3) is 5.91 Å². The van der Waals surface area contributed by atoms with Crippen LogP contribution in [0.3, 0.4) is 0 Å². The highest BCUT2D eigenvalue weighted by atomic mass is 32.3. The molecule has 0 aliphatic heterocycles. The molecule has 392 valence electrons. The lowest BCUT2D eigenvalue weighted by Crippen LogP contribution is -2.51. The minimum Gasteiger partial charge on any atom is -0.336 e. The van der Waals surface area contributed by atoms with Crippen LogP contribution < -0.4 is 13.4 Å². The van der Waals surface area contributed by atoms with Gasteiger partial charge in [0.15, 0.2) is 16.5 Å². The van der Waals surface area contributed by atoms with E-state index in [0.717, 1.165) is 83.6 Å². The Kier molecular flexibility index (Phi) is 14.0. The number of para-hydroxylation sites is 3. The van der Waals surface area contributed by atoms with E-state index in [2.05, 4.69) is 57.5 Å². The van der Waals surface area contributed by atoms with Crippen LogP contribution in [-0.2, 0) is 0 Å². The number of aryl methyl sites for hydroxylation is 3. The number of pyridine rings is 6. The molecule has 4 aromatic carbocycles. The van der Waals surface area contributed by atoms with Crippen LogP contribution >= 0.6 is 10.2 Å². The number of fused-ring (bicyclic) bond motifs is 3. The molecule has 0 saturated carbocycles. The van der Waals surface area contributed by atoms with Crippen molar-refractivity contribution in [2.75, 3.05) is 32.2 Å². The van der Waals surface area contributed by atoms with Crippen molar-refractivity contribution < 1.29 is 14.4 Å². The molecule has 0 spiro atoms. The Hall–Kier alpha value is -8.25. The highest BCUT2D eigenvalue weighted by Gasteiger charge is 2.36. The van der Waals surface area contributed by atoms with E-state index in [4.69, 9.17) is 29.9 Å². The summed E-state index contributed by atoms with van der Waals surface area (Å²) in [6.45, 7) is 18.4. The van der Waals surface area contributed by atoms with Gasteiger partial charge >= 0.3 is 0 Å². The van der Waals surface area contributed by atoms with Crippen molar-refractivity contribution in [1.82, 2.24) is 29.9 Å². The van der Waals surface area contributed by atoms with Crippen LogP contribution in [-0.4, -0.2) is 82.9 Å². The Labute approximate surface area is 459 Å². The number of aromatic nitrogens is 6. The van der Waals surface area contributed by atoms with Crippen LogP contribution in [0.25, 0.3) is 66.5 Å². The van der Waals surface area contributed by atoms with E-state index in [9.17, 15) is 0 Å². The maximum Gasteiger partial charge on any atom is 0.267 e. The SMILES string of the molecule is Cc1ccc2cccc(-c3ccc(N(C(=O)c4cc(C(=O)N(c5ccc(-c6cccc7ccc(C)nc67)nc5)[Si](C)(C)C)cc(C(=O)N(c5ccc(-c6cccc7ccc(C)nc67)nc5)S(C)(C)C)c4)[Si](C)(C)C)cn3)c2n1. The topological polar surface area (TPSA) is 138 Å². The first-order chi connectivity index (χ1) is 37.0. The molecular weight excluding hydrogens is 1020 g/mol. The van der Waals surface area contributed by atoms with Gasteiger partial charge in [0.05, 0.1) is 69.3 Å². The van der Waals surface area contributed by atoms with Crippen LogP contribution in [0, 0.1) is 20.8 Å². The van der Waals surface area contributed by atoms with Crippen LogP contribution in [0.1, 0.15) is 48.2 Å². The van der Waals surface area contributed by atoms with Gasteiger partial charge in [0, 0.05) is 66.6 Å². The number of hydrogen-bond donors (Lipinski definition) is 0. The first-order valence-electron chi connectivity index (χ1n) is 25.9. The smallest absolute Gasteiger partial charge is 0.267 e. The second kappa shape index (κ2) is 20.6. The summed E-state index contributed by atoms with van der Waals surface area (Å²) in [6.07, 6.45) is 11.3. The molecule has 0 saturated heterocycles. The normalized spacial score (nSPS) is 12.2. The highest BCUT2D eigenvalue weighted by Crippen LogP contribution is 2.45. The summed E-state index contributed by atoms with van der Waals surface area (Å²) in [5.41, 5.74) is 12.4. The minimum absolute atomic E-state index is 0.190. The third kappa shape index (κ3) is 10.6. The number of amides is 3. The minimum atomic E-state index is -2.60. The summed E-state index contributed by atoms with van der Waals surface area (Å²) in [5, 5.41) is 3.01. The van der Waals surface area contributed by atoms with Crippen molar-refractivity contribution in [3.05, 3.63) is 198 Å². The summed E-state index contributed by atoms with van der Waals surface area (Å²) >= 11 is 0. The van der Waals surface area contributed by atoms with E-state index < -0.39 is 26.7 Å². The molecule has 0 bridgehead atoms. The first-order valence-corrected chi connectivity index (χ1v) is 35.6. The fraction of sp³-hybridized carbons (Fsp3) is 0.190. The Morgan fingerprint density at radius 1 is 0.397 bits per heavy atom. The zero-order chi connectivity index (χ0) is 55.4. The Morgan fingerprint density at radius 2 is 0.718 bits per heavy atom. The molecule has 10 rings (SSSR count). The number of anilines is 3. The molecule has 0 aliphatic rings. The standard InChI is InChI=1S/C63H63N9O3SSi2/c1-40-22-25-43-16-13-19-52(58(43)67-40)55-31-28-49(37-64-55)70(76(4,5)6)61(73)46-34-47(62(74)71(77(7,8)9)50-29-32-56(65-38-50)53-20-14-17-44-26-23-41(2)68-59(44)53)36-48(35-46)63(75)72(78(10,11)12)51-30-33-57(66-39-51)54-21-15-18-45-27-24-42(3)69-60(45)54/h13-39H,1-12H3. The van der Waals surface area contributed by atoms with Gasteiger partial charge in [-0.2, -0.15) is 10.2 Å². The summed E-state index contributed by atoms with van der Waals surface area (Å²) in [7, 11) is -7.07. The molecule has 0 radical (unpaired) electrons. The average molecular weight is 1080 g/mol. The fourth-order valence-electron chi connectivity index (χ4n) is 10.0. The predicted octanol–water partition coefficient (Wildman–Crippen LogP) is 14.7. The summed E-state index contributed by atoms with van der Waals surface area (Å²) in [5.74, 6) is -1.06. The molecule has 0 fully saturated rings. The summed E-state index contributed by atoms with van der Waals surface area (Å²) in [6, 6.07) is 46.7. The van der Waals surface area contributed by atoms with Crippen LogP contribution in [0.5, 0.6) is 0 Å². The van der Waals surface area contributed by atoms with E-state index in [1.165, 1.54) is 0 Å². The molecule has 15 heteroatoms. The van der Waals surface area contributed by atoms with Crippen molar-refractivity contribution in [2.45, 2.75) is 60.1 Å². The summed E-state index contributed by atoms with van der Waals surface area (Å²) in [4.78, 5) is 76.2. The molecule has 10 aromatic rings. The van der Waals surface area contributed by atoms with Crippen molar-refractivity contribution >= 4 is 94.2 Å². The maximum absolute atomic E-state index is 15.6. The van der Waals surface area contributed by atoms with Gasteiger partial charge in [-0.25, -0.2) is 0 Å². The van der Waals surface area contributed by atoms with E-state index in [1.807, 2.05) is 158 Å². The zero-order valence-electron chi connectivity index (χ0n) is 46.2. The average Bonchev–Trinajstić information content (AvgIpc) is 3.46. The summed E-state index contributed by atoms with van der Waals surface area (Å²) < 4.78 is 5.39. The third-order valence-electron chi connectivity index (χ3n) is 13.6. The largest absolute Gasteiger partial charge is 0.336 e. The van der Waals surface area contributed by atoms with Crippen molar-refractivity contribution in [3.8, 4) is 33.8 Å². The fourth-order valence-corrected chi connectivity index (χ4v) is 14.7. The van der Waals surface area contributed by atoms with Gasteiger partial charge in [-0.05, 0) is 112 Å². The van der Waals surface area contributed by atoms with Crippen molar-refractivity contribution in [1.29, 1.82) is 0 Å². The first kappa shape index (κ1) is 53.2. The third-order valence-corrected chi connectivity index (χ3v) is 18.6. The predicted molar refractivity (Wildman–Crippen MR) is 328 cm³/mol. The van der Waals surface area contributed by atoms with Gasteiger partial charge in [-0.15, -0.1) is 0 Å². The molecule has 0 atom stereocenters. The number of benzene rings is 4. The lowest BCUT2D eigenvalue weighted by Gasteiger charge is -2.40. The van der Waals surface area contributed by atoms with E-state index >= 15 is 14.4 Å². The Balaban J connectivity index is 1.07. The Bertz CT molecular complexity index is 3560. The van der Waals surface area contributed by atoms with Crippen LogP contribution in [0.2, 0.25) is 39.3 Å². The maximum atomic E-state index is 15.6. The van der Waals surface area contributed by atoms with E-state index in [0.29, 0.717) is 17.1 Å². The second-order valence-electron chi connectivity index (χ2n) is 22.5. The Morgan fingerprint density at radius 3 is 1.01 bits per heavy atom. The molecule has 3 amide bonds. The zero-order valence-corrected chi connectivity index (χ0v) is 49.1.